The van der Waals surface area contributed by atoms with Gasteiger partial charge in [-0.1, -0.05) is 54.6 Å². The quantitative estimate of drug-likeness (QED) is 0.798. The summed E-state index contributed by atoms with van der Waals surface area (Å²) < 4.78 is 0. The van der Waals surface area contributed by atoms with Crippen LogP contribution in [0.15, 0.2) is 54.6 Å². The first-order valence-electron chi connectivity index (χ1n) is 7.51. The molecule has 1 aliphatic carbocycles. The molecular weight excluding hydrogens is 312 g/mol. The van der Waals surface area contributed by atoms with E-state index < -0.39 is 12.1 Å². The van der Waals surface area contributed by atoms with Gasteiger partial charge in [0.15, 0.2) is 0 Å². The molecule has 3 rings (SSSR count). The van der Waals surface area contributed by atoms with E-state index in [1.807, 2.05) is 54.6 Å². The first-order valence-corrected chi connectivity index (χ1v) is 7.51. The van der Waals surface area contributed by atoms with E-state index in [4.69, 9.17) is 5.73 Å². The van der Waals surface area contributed by atoms with E-state index in [0.717, 1.165) is 16.7 Å². The Bertz CT molecular complexity index is 663. The van der Waals surface area contributed by atoms with Crippen molar-refractivity contribution in [1.82, 2.24) is 5.32 Å². The summed E-state index contributed by atoms with van der Waals surface area (Å²) in [6.07, 6.45) is 0.455. The number of benzene rings is 2. The average Bonchev–Trinajstić information content (AvgIpc) is 2.84. The number of rotatable bonds is 4. The molecule has 5 heteroatoms. The number of carbonyl (C=O) groups excluding carboxylic acids is 1. The van der Waals surface area contributed by atoms with Crippen molar-refractivity contribution in [3.63, 3.8) is 0 Å². The van der Waals surface area contributed by atoms with Crippen molar-refractivity contribution < 1.29 is 9.90 Å². The van der Waals surface area contributed by atoms with Crippen LogP contribution in [0.4, 0.5) is 0 Å². The standard InChI is InChI=1S/C18H20N2O2.ClH/c19-15(10-12-6-2-1-3-7-12)18(22)20-17-14-9-5-4-8-13(14)11-16(17)21;/h1-9,15-17,21H,10-11,19H2,(H,20,22);1H/t15?,16-,17+;/m1./s1. The maximum absolute atomic E-state index is 12.3. The molecular formula is C18H21ClN2O2. The summed E-state index contributed by atoms with van der Waals surface area (Å²) in [5.41, 5.74) is 9.09. The lowest BCUT2D eigenvalue weighted by atomic mass is 10.0. The monoisotopic (exact) mass is 332 g/mol. The van der Waals surface area contributed by atoms with Gasteiger partial charge in [0.05, 0.1) is 18.2 Å². The lowest BCUT2D eigenvalue weighted by molar-refractivity contribution is -0.123. The minimum absolute atomic E-state index is 0. The number of fused-ring (bicyclic) bond motifs is 1. The van der Waals surface area contributed by atoms with Gasteiger partial charge in [0.2, 0.25) is 5.91 Å². The number of nitrogens with two attached hydrogens (primary N) is 1. The Kier molecular flexibility index (Phi) is 5.77. The topological polar surface area (TPSA) is 75.4 Å². The van der Waals surface area contributed by atoms with Crippen molar-refractivity contribution in [2.45, 2.75) is 31.0 Å². The zero-order valence-corrected chi connectivity index (χ0v) is 13.5. The summed E-state index contributed by atoms with van der Waals surface area (Å²) in [6.45, 7) is 0. The molecule has 0 aliphatic heterocycles. The molecule has 0 saturated heterocycles. The molecule has 0 heterocycles. The number of amides is 1. The fraction of sp³-hybridized carbons (Fsp3) is 0.278. The number of aliphatic hydroxyl groups excluding tert-OH is 1. The first kappa shape index (κ1) is 17.5. The highest BCUT2D eigenvalue weighted by atomic mass is 35.5. The highest BCUT2D eigenvalue weighted by molar-refractivity contribution is 5.85. The van der Waals surface area contributed by atoms with E-state index in [0.29, 0.717) is 12.8 Å². The van der Waals surface area contributed by atoms with E-state index in [1.54, 1.807) is 0 Å². The van der Waals surface area contributed by atoms with Crippen LogP contribution in [0.25, 0.3) is 0 Å². The lowest BCUT2D eigenvalue weighted by Crippen LogP contribution is -2.45. The van der Waals surface area contributed by atoms with E-state index >= 15 is 0 Å². The van der Waals surface area contributed by atoms with Crippen molar-refractivity contribution >= 4 is 18.3 Å². The zero-order chi connectivity index (χ0) is 15.5. The SMILES string of the molecule is Cl.NC(Cc1ccccc1)C(=O)N[C@H]1c2ccccc2C[C@H]1O. The summed E-state index contributed by atoms with van der Waals surface area (Å²) in [5, 5.41) is 13.1. The van der Waals surface area contributed by atoms with Gasteiger partial charge >= 0.3 is 0 Å². The first-order chi connectivity index (χ1) is 10.6. The second-order valence-corrected chi connectivity index (χ2v) is 5.75. The Morgan fingerprint density at radius 3 is 2.57 bits per heavy atom. The third kappa shape index (κ3) is 3.91. The summed E-state index contributed by atoms with van der Waals surface area (Å²) in [4.78, 5) is 12.3. The van der Waals surface area contributed by atoms with Crippen LogP contribution in [-0.2, 0) is 17.6 Å². The maximum Gasteiger partial charge on any atom is 0.237 e. The van der Waals surface area contributed by atoms with Gasteiger partial charge in [0, 0.05) is 6.42 Å². The highest BCUT2D eigenvalue weighted by Gasteiger charge is 2.32. The second-order valence-electron chi connectivity index (χ2n) is 5.75. The molecule has 0 radical (unpaired) electrons. The van der Waals surface area contributed by atoms with Crippen LogP contribution in [0.2, 0.25) is 0 Å². The molecule has 0 fully saturated rings. The van der Waals surface area contributed by atoms with Crippen LogP contribution < -0.4 is 11.1 Å². The van der Waals surface area contributed by atoms with Gasteiger partial charge in [-0.2, -0.15) is 0 Å². The van der Waals surface area contributed by atoms with Gasteiger partial charge in [0.25, 0.3) is 0 Å². The molecule has 23 heavy (non-hydrogen) atoms. The number of hydrogen-bond acceptors (Lipinski definition) is 3. The molecule has 1 unspecified atom stereocenters. The normalized spacial score (nSPS) is 20.3. The fourth-order valence-corrected chi connectivity index (χ4v) is 2.97. The molecule has 1 aliphatic rings. The predicted octanol–water partition coefficient (Wildman–Crippen LogP) is 1.75. The Labute approximate surface area is 142 Å². The Balaban J connectivity index is 0.00000192. The molecule has 4 nitrogen and oxygen atoms in total. The smallest absolute Gasteiger partial charge is 0.237 e. The molecule has 4 N–H and O–H groups in total. The van der Waals surface area contributed by atoms with Crippen LogP contribution in [0, 0.1) is 0 Å². The Morgan fingerprint density at radius 2 is 1.83 bits per heavy atom. The van der Waals surface area contributed by atoms with Crippen molar-refractivity contribution in [2.75, 3.05) is 0 Å². The van der Waals surface area contributed by atoms with Crippen LogP contribution in [-0.4, -0.2) is 23.2 Å². The van der Waals surface area contributed by atoms with Crippen molar-refractivity contribution in [3.8, 4) is 0 Å². The van der Waals surface area contributed by atoms with Crippen LogP contribution in [0.5, 0.6) is 0 Å². The fourth-order valence-electron chi connectivity index (χ4n) is 2.97. The van der Waals surface area contributed by atoms with Crippen molar-refractivity contribution in [1.29, 1.82) is 0 Å². The molecule has 0 aromatic heterocycles. The van der Waals surface area contributed by atoms with E-state index in [-0.39, 0.29) is 24.4 Å². The number of aliphatic hydroxyl groups is 1. The van der Waals surface area contributed by atoms with E-state index in [2.05, 4.69) is 5.32 Å². The van der Waals surface area contributed by atoms with Crippen molar-refractivity contribution in [3.05, 3.63) is 71.3 Å². The molecule has 2 aromatic carbocycles. The Morgan fingerprint density at radius 1 is 1.17 bits per heavy atom. The number of hydrogen-bond donors (Lipinski definition) is 3. The number of halogens is 1. The number of nitrogens with one attached hydrogen (secondary N) is 1. The highest BCUT2D eigenvalue weighted by Crippen LogP contribution is 2.31. The van der Waals surface area contributed by atoms with E-state index in [1.165, 1.54) is 0 Å². The van der Waals surface area contributed by atoms with Gasteiger partial charge in [-0.25, -0.2) is 0 Å². The summed E-state index contributed by atoms with van der Waals surface area (Å²) in [6, 6.07) is 16.5. The van der Waals surface area contributed by atoms with Crippen LogP contribution in [0.3, 0.4) is 0 Å². The molecule has 1 amide bonds. The Hall–Kier alpha value is -1.88. The third-order valence-electron chi connectivity index (χ3n) is 4.14. The third-order valence-corrected chi connectivity index (χ3v) is 4.14. The number of carbonyl (C=O) groups is 1. The lowest BCUT2D eigenvalue weighted by Gasteiger charge is -2.20. The minimum atomic E-state index is -0.623. The predicted molar refractivity (Wildman–Crippen MR) is 92.4 cm³/mol. The average molecular weight is 333 g/mol. The second kappa shape index (κ2) is 7.59. The molecule has 0 saturated carbocycles. The maximum atomic E-state index is 12.3. The zero-order valence-electron chi connectivity index (χ0n) is 12.7. The van der Waals surface area contributed by atoms with Gasteiger partial charge in [-0.05, 0) is 23.1 Å². The van der Waals surface area contributed by atoms with E-state index in [9.17, 15) is 9.90 Å². The van der Waals surface area contributed by atoms with Crippen molar-refractivity contribution in [2.24, 2.45) is 5.73 Å². The molecule has 0 spiro atoms. The largest absolute Gasteiger partial charge is 0.390 e. The molecule has 3 atom stereocenters. The summed E-state index contributed by atoms with van der Waals surface area (Å²) in [7, 11) is 0. The molecule has 0 bridgehead atoms. The summed E-state index contributed by atoms with van der Waals surface area (Å²) in [5.74, 6) is -0.232. The van der Waals surface area contributed by atoms with Gasteiger partial charge in [-0.3, -0.25) is 4.79 Å². The van der Waals surface area contributed by atoms with Gasteiger partial charge in [0.1, 0.15) is 0 Å². The molecule has 2 aromatic rings. The van der Waals surface area contributed by atoms with Gasteiger partial charge < -0.3 is 16.2 Å². The summed E-state index contributed by atoms with van der Waals surface area (Å²) >= 11 is 0. The molecule has 122 valence electrons. The van der Waals surface area contributed by atoms with Crippen LogP contribution in [0.1, 0.15) is 22.7 Å². The van der Waals surface area contributed by atoms with Gasteiger partial charge in [-0.15, -0.1) is 12.4 Å². The van der Waals surface area contributed by atoms with Crippen LogP contribution >= 0.6 is 12.4 Å². The minimum Gasteiger partial charge on any atom is -0.390 e.